The molecule has 0 unspecified atom stereocenters. The van der Waals surface area contributed by atoms with Gasteiger partial charge in [0.2, 0.25) is 0 Å². The van der Waals surface area contributed by atoms with Crippen molar-refractivity contribution in [3.8, 4) is 0 Å². The fourth-order valence-electron chi connectivity index (χ4n) is 2.01. The molecule has 4 nitrogen and oxygen atoms in total. The highest BCUT2D eigenvalue weighted by Crippen LogP contribution is 2.17. The lowest BCUT2D eigenvalue weighted by molar-refractivity contribution is 0.575. The summed E-state index contributed by atoms with van der Waals surface area (Å²) in [4.78, 5) is 2.64. The van der Waals surface area contributed by atoms with Gasteiger partial charge in [0.05, 0.1) is 4.90 Å². The third-order valence-corrected chi connectivity index (χ3v) is 4.76. The Morgan fingerprint density at radius 3 is 2.18 bits per heavy atom. The predicted octanol–water partition coefficient (Wildman–Crippen LogP) is 3.07. The minimum Gasteiger partial charge on any atom is -0.308 e. The van der Waals surface area contributed by atoms with Crippen LogP contribution < -0.4 is 10.3 Å². The van der Waals surface area contributed by atoms with Gasteiger partial charge >= 0.3 is 0 Å². The average Bonchev–Trinajstić information content (AvgIpc) is 2.48. The largest absolute Gasteiger partial charge is 0.308 e. The lowest BCUT2D eigenvalue weighted by Gasteiger charge is -2.13. The summed E-state index contributed by atoms with van der Waals surface area (Å²) in [7, 11) is -3.65. The van der Waals surface area contributed by atoms with Crippen LogP contribution in [0.2, 0.25) is 0 Å². The van der Waals surface area contributed by atoms with E-state index in [1.54, 1.807) is 19.1 Å². The Morgan fingerprint density at radius 2 is 1.55 bits per heavy atom. The van der Waals surface area contributed by atoms with Crippen LogP contribution in [0.15, 0.2) is 53.9 Å². The summed E-state index contributed by atoms with van der Waals surface area (Å²) in [6, 6.07) is 13.0. The third-order valence-electron chi connectivity index (χ3n) is 3.37. The minimum absolute atomic E-state index is 0.261. The molecule has 0 radical (unpaired) electrons. The fraction of sp³-hybridized carbons (Fsp3) is 0.176. The smallest absolute Gasteiger partial charge is 0.257 e. The van der Waals surface area contributed by atoms with Gasteiger partial charge < -0.3 is 5.43 Å². The zero-order valence-electron chi connectivity index (χ0n) is 13.0. The Balaban J connectivity index is 2.14. The van der Waals surface area contributed by atoms with Gasteiger partial charge in [0, 0.05) is 5.70 Å². The predicted molar refractivity (Wildman–Crippen MR) is 89.6 cm³/mol. The van der Waals surface area contributed by atoms with Crippen LogP contribution in [0.25, 0.3) is 5.70 Å². The molecule has 0 aliphatic carbocycles. The van der Waals surface area contributed by atoms with Gasteiger partial charge in [-0.3, -0.25) is 0 Å². The van der Waals surface area contributed by atoms with Crippen molar-refractivity contribution >= 4 is 15.7 Å². The first-order valence-electron chi connectivity index (χ1n) is 6.90. The minimum atomic E-state index is -3.65. The summed E-state index contributed by atoms with van der Waals surface area (Å²) in [6.45, 7) is 9.47. The van der Waals surface area contributed by atoms with E-state index in [1.165, 1.54) is 0 Å². The molecular formula is C17H20N2O2S. The van der Waals surface area contributed by atoms with E-state index in [0.29, 0.717) is 11.3 Å². The maximum Gasteiger partial charge on any atom is 0.257 e. The number of benzene rings is 2. The van der Waals surface area contributed by atoms with Gasteiger partial charge in [0.1, 0.15) is 0 Å². The first-order valence-corrected chi connectivity index (χ1v) is 8.39. The van der Waals surface area contributed by atoms with E-state index < -0.39 is 10.0 Å². The molecule has 0 aliphatic rings. The van der Waals surface area contributed by atoms with Crippen molar-refractivity contribution in [3.63, 3.8) is 0 Å². The Labute approximate surface area is 131 Å². The Morgan fingerprint density at radius 1 is 0.955 bits per heavy atom. The van der Waals surface area contributed by atoms with E-state index in [9.17, 15) is 8.42 Å². The number of aryl methyl sites for hydroxylation is 3. The average molecular weight is 316 g/mol. The maximum atomic E-state index is 12.4. The third kappa shape index (κ3) is 3.75. The SMILES string of the molecule is C=C(NNS(=O)(=O)c1cc(C)ccc1C)c1ccc(C)cc1. The Bertz CT molecular complexity index is 794. The molecule has 2 rings (SSSR count). The number of rotatable bonds is 5. The second-order valence-corrected chi connectivity index (χ2v) is 6.99. The van der Waals surface area contributed by atoms with Crippen molar-refractivity contribution in [2.24, 2.45) is 0 Å². The maximum absolute atomic E-state index is 12.4. The highest BCUT2D eigenvalue weighted by Gasteiger charge is 2.16. The molecule has 0 amide bonds. The van der Waals surface area contributed by atoms with Crippen LogP contribution in [-0.2, 0) is 10.0 Å². The van der Waals surface area contributed by atoms with Crippen molar-refractivity contribution in [3.05, 3.63) is 71.3 Å². The molecule has 5 heteroatoms. The molecule has 0 saturated carbocycles. The molecule has 0 spiro atoms. The van der Waals surface area contributed by atoms with Crippen molar-refractivity contribution in [2.75, 3.05) is 0 Å². The Kier molecular flexibility index (Phi) is 4.68. The standard InChI is InChI=1S/C17H20N2O2S/c1-12-6-9-16(10-7-12)15(4)18-19-22(20,21)17-11-13(2)5-8-14(17)3/h5-11,18-19H,4H2,1-3H3. The van der Waals surface area contributed by atoms with Crippen molar-refractivity contribution in [2.45, 2.75) is 25.7 Å². The van der Waals surface area contributed by atoms with Gasteiger partial charge in [-0.1, -0.05) is 48.5 Å². The van der Waals surface area contributed by atoms with Crippen LogP contribution in [0.4, 0.5) is 0 Å². The van der Waals surface area contributed by atoms with Gasteiger partial charge in [-0.05, 0) is 43.5 Å². The second kappa shape index (κ2) is 6.34. The van der Waals surface area contributed by atoms with E-state index in [2.05, 4.69) is 16.8 Å². The van der Waals surface area contributed by atoms with Crippen LogP contribution in [0.5, 0.6) is 0 Å². The summed E-state index contributed by atoms with van der Waals surface area (Å²) in [5.41, 5.74) is 6.71. The van der Waals surface area contributed by atoms with E-state index in [4.69, 9.17) is 0 Å². The number of hydrazine groups is 1. The van der Waals surface area contributed by atoms with Gasteiger partial charge in [-0.25, -0.2) is 8.42 Å². The van der Waals surface area contributed by atoms with Crippen LogP contribution in [0.3, 0.4) is 0 Å². The summed E-state index contributed by atoms with van der Waals surface area (Å²) >= 11 is 0. The summed E-state index contributed by atoms with van der Waals surface area (Å²) in [5.74, 6) is 0. The lowest BCUT2D eigenvalue weighted by atomic mass is 10.1. The van der Waals surface area contributed by atoms with Gasteiger partial charge in [-0.15, -0.1) is 4.83 Å². The van der Waals surface area contributed by atoms with Gasteiger partial charge in [0.15, 0.2) is 0 Å². The van der Waals surface area contributed by atoms with Gasteiger partial charge in [0.25, 0.3) is 10.0 Å². The normalized spacial score (nSPS) is 11.2. The molecule has 0 heterocycles. The van der Waals surface area contributed by atoms with Crippen molar-refractivity contribution in [1.29, 1.82) is 0 Å². The monoisotopic (exact) mass is 316 g/mol. The Hall–Kier alpha value is -2.11. The first kappa shape index (κ1) is 16.3. The van der Waals surface area contributed by atoms with Crippen molar-refractivity contribution in [1.82, 2.24) is 10.3 Å². The quantitative estimate of drug-likeness (QED) is 0.834. The van der Waals surface area contributed by atoms with Crippen molar-refractivity contribution < 1.29 is 8.42 Å². The zero-order chi connectivity index (χ0) is 16.3. The fourth-order valence-corrected chi connectivity index (χ4v) is 3.21. The van der Waals surface area contributed by atoms with E-state index in [-0.39, 0.29) is 4.90 Å². The van der Waals surface area contributed by atoms with Gasteiger partial charge in [-0.2, -0.15) is 0 Å². The molecule has 0 bridgehead atoms. The van der Waals surface area contributed by atoms with Crippen LogP contribution in [-0.4, -0.2) is 8.42 Å². The number of hydrogen-bond donors (Lipinski definition) is 2. The summed E-state index contributed by atoms with van der Waals surface area (Å²) < 4.78 is 24.8. The number of hydrogen-bond acceptors (Lipinski definition) is 3. The highest BCUT2D eigenvalue weighted by atomic mass is 32.2. The lowest BCUT2D eigenvalue weighted by Crippen LogP contribution is -2.36. The van der Waals surface area contributed by atoms with Crippen LogP contribution in [0, 0.1) is 20.8 Å². The van der Waals surface area contributed by atoms with E-state index in [0.717, 1.165) is 16.7 Å². The molecule has 2 aromatic rings. The molecule has 0 aromatic heterocycles. The molecule has 0 saturated heterocycles. The number of sulfonamides is 1. The molecule has 0 atom stereocenters. The van der Waals surface area contributed by atoms with Crippen LogP contribution >= 0.6 is 0 Å². The molecule has 116 valence electrons. The molecule has 0 aliphatic heterocycles. The van der Waals surface area contributed by atoms with E-state index in [1.807, 2.05) is 44.2 Å². The molecule has 22 heavy (non-hydrogen) atoms. The zero-order valence-corrected chi connectivity index (χ0v) is 13.8. The first-order chi connectivity index (χ1) is 10.3. The molecule has 2 aromatic carbocycles. The topological polar surface area (TPSA) is 58.2 Å². The molecular weight excluding hydrogens is 296 g/mol. The van der Waals surface area contributed by atoms with E-state index >= 15 is 0 Å². The summed E-state index contributed by atoms with van der Waals surface area (Å²) in [5, 5.41) is 0. The van der Waals surface area contributed by atoms with Crippen LogP contribution in [0.1, 0.15) is 22.3 Å². The second-order valence-electron chi connectivity index (χ2n) is 5.34. The molecule has 0 fully saturated rings. The number of nitrogens with one attached hydrogen (secondary N) is 2. The highest BCUT2D eigenvalue weighted by molar-refractivity contribution is 7.89. The molecule has 2 N–H and O–H groups in total. The summed E-state index contributed by atoms with van der Waals surface area (Å²) in [6.07, 6.45) is 0.